The van der Waals surface area contributed by atoms with Crippen LogP contribution in [0.5, 0.6) is 0 Å². The Morgan fingerprint density at radius 2 is 2.00 bits per heavy atom. The van der Waals surface area contributed by atoms with Gasteiger partial charge in [-0.3, -0.25) is 16.0 Å². The van der Waals surface area contributed by atoms with Crippen LogP contribution in [0.25, 0.3) is 0 Å². The van der Waals surface area contributed by atoms with Crippen molar-refractivity contribution in [3.63, 3.8) is 0 Å². The summed E-state index contributed by atoms with van der Waals surface area (Å²) in [6.07, 6.45) is -1.81. The van der Waals surface area contributed by atoms with E-state index in [1.54, 1.807) is 17.0 Å². The van der Waals surface area contributed by atoms with Crippen molar-refractivity contribution < 1.29 is 15.1 Å². The maximum absolute atomic E-state index is 11.1. The Hall–Kier alpha value is -1.90. The molecule has 8 nitrogen and oxygen atoms in total. The molecule has 0 saturated carbocycles. The SMILES string of the molecule is NNc1cccc(N2CC(O)C(O)C2)c1[N+](=O)[O-]. The summed E-state index contributed by atoms with van der Waals surface area (Å²) in [4.78, 5) is 12.1. The molecule has 8 heteroatoms. The van der Waals surface area contributed by atoms with E-state index >= 15 is 0 Å². The fraction of sp³-hybridized carbons (Fsp3) is 0.400. The minimum Gasteiger partial charge on any atom is -0.389 e. The number of benzene rings is 1. The molecule has 0 radical (unpaired) electrons. The molecule has 18 heavy (non-hydrogen) atoms. The van der Waals surface area contributed by atoms with Crippen LogP contribution in [0.3, 0.4) is 0 Å². The van der Waals surface area contributed by atoms with Gasteiger partial charge in [0.25, 0.3) is 0 Å². The third-order valence-electron chi connectivity index (χ3n) is 2.95. The Labute approximate surface area is 103 Å². The van der Waals surface area contributed by atoms with Gasteiger partial charge in [0.1, 0.15) is 11.4 Å². The highest BCUT2D eigenvalue weighted by Crippen LogP contribution is 2.36. The van der Waals surface area contributed by atoms with Gasteiger partial charge in [-0.05, 0) is 12.1 Å². The van der Waals surface area contributed by atoms with E-state index in [4.69, 9.17) is 5.84 Å². The number of nitrogen functional groups attached to an aromatic ring is 1. The lowest BCUT2D eigenvalue weighted by Crippen LogP contribution is -2.22. The number of β-amino-alcohol motifs (C(OH)–C–C–N with tert-alkyl or cyclic N) is 2. The zero-order valence-corrected chi connectivity index (χ0v) is 9.48. The number of anilines is 2. The van der Waals surface area contributed by atoms with E-state index in [1.807, 2.05) is 0 Å². The second-order valence-corrected chi connectivity index (χ2v) is 4.11. The molecule has 1 aromatic rings. The molecule has 0 bridgehead atoms. The first-order chi connectivity index (χ1) is 8.54. The van der Waals surface area contributed by atoms with Gasteiger partial charge in [-0.2, -0.15) is 0 Å². The molecule has 0 aliphatic carbocycles. The highest BCUT2D eigenvalue weighted by atomic mass is 16.6. The largest absolute Gasteiger partial charge is 0.389 e. The molecule has 0 spiro atoms. The number of nitrogens with zero attached hydrogens (tertiary/aromatic N) is 2. The summed E-state index contributed by atoms with van der Waals surface area (Å²) in [5.74, 6) is 5.24. The highest BCUT2D eigenvalue weighted by molar-refractivity contribution is 5.77. The van der Waals surface area contributed by atoms with Crippen LogP contribution in [0.15, 0.2) is 18.2 Å². The van der Waals surface area contributed by atoms with Gasteiger partial charge in [-0.25, -0.2) is 0 Å². The van der Waals surface area contributed by atoms with E-state index in [0.29, 0.717) is 5.69 Å². The van der Waals surface area contributed by atoms with Crippen LogP contribution in [0.2, 0.25) is 0 Å². The number of hydrazine groups is 1. The normalized spacial score (nSPS) is 23.2. The maximum Gasteiger partial charge on any atom is 0.316 e. The van der Waals surface area contributed by atoms with Crippen LogP contribution in [0.1, 0.15) is 0 Å². The molecule has 1 aliphatic rings. The Morgan fingerprint density at radius 1 is 1.39 bits per heavy atom. The number of nitro groups is 1. The number of nitro benzene ring substituents is 1. The summed E-state index contributed by atoms with van der Waals surface area (Å²) in [5, 5.41) is 30.0. The Morgan fingerprint density at radius 3 is 2.50 bits per heavy atom. The summed E-state index contributed by atoms with van der Waals surface area (Å²) in [6.45, 7) is 0.298. The first-order valence-electron chi connectivity index (χ1n) is 5.39. The van der Waals surface area contributed by atoms with Crippen LogP contribution >= 0.6 is 0 Å². The van der Waals surface area contributed by atoms with Crippen molar-refractivity contribution in [2.75, 3.05) is 23.4 Å². The monoisotopic (exact) mass is 254 g/mol. The lowest BCUT2D eigenvalue weighted by Gasteiger charge is -2.18. The second kappa shape index (κ2) is 4.77. The number of nitrogens with one attached hydrogen (secondary N) is 1. The molecule has 0 aromatic heterocycles. The third kappa shape index (κ3) is 2.08. The molecule has 1 aromatic carbocycles. The molecule has 1 fully saturated rings. The first kappa shape index (κ1) is 12.6. The average molecular weight is 254 g/mol. The first-order valence-corrected chi connectivity index (χ1v) is 5.39. The molecule has 98 valence electrons. The topological polar surface area (TPSA) is 125 Å². The van der Waals surface area contributed by atoms with E-state index < -0.39 is 17.1 Å². The van der Waals surface area contributed by atoms with Crippen molar-refractivity contribution in [1.29, 1.82) is 0 Å². The van der Waals surface area contributed by atoms with Gasteiger partial charge in [0.2, 0.25) is 0 Å². The molecule has 2 unspecified atom stereocenters. The summed E-state index contributed by atoms with van der Waals surface area (Å²) >= 11 is 0. The van der Waals surface area contributed by atoms with Crippen molar-refractivity contribution >= 4 is 17.1 Å². The number of nitrogens with two attached hydrogens (primary N) is 1. The smallest absolute Gasteiger partial charge is 0.316 e. The number of aliphatic hydroxyl groups excluding tert-OH is 2. The molecule has 5 N–H and O–H groups in total. The van der Waals surface area contributed by atoms with Crippen LogP contribution in [-0.2, 0) is 0 Å². The molecule has 0 amide bonds. The number of hydrogen-bond acceptors (Lipinski definition) is 7. The van der Waals surface area contributed by atoms with Crippen LogP contribution in [-0.4, -0.2) is 40.4 Å². The fourth-order valence-corrected chi connectivity index (χ4v) is 2.06. The maximum atomic E-state index is 11.1. The number of rotatable bonds is 3. The van der Waals surface area contributed by atoms with Crippen LogP contribution < -0.4 is 16.2 Å². The Bertz CT molecular complexity index is 457. The van der Waals surface area contributed by atoms with Gasteiger partial charge < -0.3 is 20.5 Å². The quantitative estimate of drug-likeness (QED) is 0.323. The van der Waals surface area contributed by atoms with Crippen molar-refractivity contribution in [2.24, 2.45) is 5.84 Å². The number of hydrogen-bond donors (Lipinski definition) is 4. The van der Waals surface area contributed by atoms with Crippen molar-refractivity contribution in [2.45, 2.75) is 12.2 Å². The van der Waals surface area contributed by atoms with Gasteiger partial charge >= 0.3 is 5.69 Å². The van der Waals surface area contributed by atoms with Gasteiger partial charge in [-0.15, -0.1) is 0 Å². The van der Waals surface area contributed by atoms with Gasteiger partial charge in [0.05, 0.1) is 17.1 Å². The van der Waals surface area contributed by atoms with Crippen molar-refractivity contribution in [1.82, 2.24) is 0 Å². The molecule has 1 aliphatic heterocycles. The summed E-state index contributed by atoms with van der Waals surface area (Å²) in [5.41, 5.74) is 2.62. The summed E-state index contributed by atoms with van der Waals surface area (Å²) < 4.78 is 0. The third-order valence-corrected chi connectivity index (χ3v) is 2.95. The predicted molar refractivity (Wildman–Crippen MR) is 65.1 cm³/mol. The minimum absolute atomic E-state index is 0.149. The predicted octanol–water partition coefficient (Wildman–Crippen LogP) is -0.578. The number of aliphatic hydroxyl groups is 2. The Balaban J connectivity index is 2.42. The fourth-order valence-electron chi connectivity index (χ4n) is 2.06. The molecule has 2 atom stereocenters. The summed E-state index contributed by atoms with van der Waals surface area (Å²) in [6, 6.07) is 4.67. The molecular weight excluding hydrogens is 240 g/mol. The van der Waals surface area contributed by atoms with E-state index in [-0.39, 0.29) is 24.5 Å². The average Bonchev–Trinajstić information content (AvgIpc) is 2.68. The van der Waals surface area contributed by atoms with E-state index in [1.165, 1.54) is 6.07 Å². The minimum atomic E-state index is -0.904. The van der Waals surface area contributed by atoms with E-state index in [9.17, 15) is 20.3 Å². The Kier molecular flexibility index (Phi) is 3.32. The van der Waals surface area contributed by atoms with Crippen molar-refractivity contribution in [3.8, 4) is 0 Å². The molecule has 2 rings (SSSR count). The zero-order valence-electron chi connectivity index (χ0n) is 9.48. The molecule has 1 saturated heterocycles. The highest BCUT2D eigenvalue weighted by Gasteiger charge is 2.33. The van der Waals surface area contributed by atoms with Gasteiger partial charge in [0.15, 0.2) is 0 Å². The zero-order chi connectivity index (χ0) is 13.3. The number of para-hydroxylation sites is 1. The summed E-state index contributed by atoms with van der Waals surface area (Å²) in [7, 11) is 0. The van der Waals surface area contributed by atoms with Gasteiger partial charge in [0, 0.05) is 13.1 Å². The van der Waals surface area contributed by atoms with Crippen molar-refractivity contribution in [3.05, 3.63) is 28.3 Å². The van der Waals surface area contributed by atoms with Gasteiger partial charge in [-0.1, -0.05) is 6.07 Å². The van der Waals surface area contributed by atoms with Crippen LogP contribution in [0.4, 0.5) is 17.1 Å². The van der Waals surface area contributed by atoms with E-state index in [2.05, 4.69) is 5.43 Å². The lowest BCUT2D eigenvalue weighted by molar-refractivity contribution is -0.383. The standard InChI is InChI=1S/C10H14N4O4/c11-12-6-2-1-3-7(10(6)14(17)18)13-4-8(15)9(16)5-13/h1-3,8-9,12,15-16H,4-5,11H2. The molecular formula is C10H14N4O4. The van der Waals surface area contributed by atoms with Crippen LogP contribution in [0, 0.1) is 10.1 Å². The second-order valence-electron chi connectivity index (χ2n) is 4.11. The van der Waals surface area contributed by atoms with E-state index in [0.717, 1.165) is 0 Å². The molecule has 1 heterocycles. The lowest BCUT2D eigenvalue weighted by atomic mass is 10.2.